The quantitative estimate of drug-likeness (QED) is 0.526. The first-order valence-corrected chi connectivity index (χ1v) is 9.13. The van der Waals surface area contributed by atoms with Crippen molar-refractivity contribution in [3.63, 3.8) is 0 Å². The molecule has 0 spiro atoms. The second-order valence-electron chi connectivity index (χ2n) is 6.41. The predicted molar refractivity (Wildman–Crippen MR) is 107 cm³/mol. The van der Waals surface area contributed by atoms with E-state index in [0.717, 1.165) is 0 Å². The smallest absolute Gasteiger partial charge is 0.297 e. The van der Waals surface area contributed by atoms with Gasteiger partial charge in [-0.25, -0.2) is 9.37 Å². The number of anilines is 1. The van der Waals surface area contributed by atoms with Crippen molar-refractivity contribution in [1.29, 1.82) is 0 Å². The number of hydrogen-bond acceptors (Lipinski definition) is 6. The van der Waals surface area contributed by atoms with E-state index in [0.29, 0.717) is 34.8 Å². The van der Waals surface area contributed by atoms with Gasteiger partial charge in [0.15, 0.2) is 0 Å². The number of rotatable bonds is 5. The van der Waals surface area contributed by atoms with Crippen molar-refractivity contribution < 1.29 is 13.7 Å². The highest BCUT2D eigenvalue weighted by Crippen LogP contribution is 2.21. The summed E-state index contributed by atoms with van der Waals surface area (Å²) in [4.78, 5) is 35.4. The number of amides is 1. The molecular formula is C21H16FN5O3. The first-order chi connectivity index (χ1) is 14.5. The summed E-state index contributed by atoms with van der Waals surface area (Å²) in [7, 11) is 0. The number of carbonyl (C=O) groups is 1. The normalized spacial score (nSPS) is 10.7. The Labute approximate surface area is 169 Å². The molecule has 30 heavy (non-hydrogen) atoms. The SMILES string of the molecule is CCc1cc(=O)[nH]c(-c2cccc(NC(=O)c3noc(-c4cccc(F)c4)n3)c2)n1. The van der Waals surface area contributed by atoms with Crippen LogP contribution < -0.4 is 10.9 Å². The molecule has 0 fully saturated rings. The lowest BCUT2D eigenvalue weighted by molar-refractivity contribution is 0.101. The number of carbonyl (C=O) groups excluding carboxylic acids is 1. The summed E-state index contributed by atoms with van der Waals surface area (Å²) < 4.78 is 18.4. The summed E-state index contributed by atoms with van der Waals surface area (Å²) in [6.07, 6.45) is 0.624. The van der Waals surface area contributed by atoms with Crippen molar-refractivity contribution >= 4 is 11.6 Å². The van der Waals surface area contributed by atoms with Crippen LogP contribution >= 0.6 is 0 Å². The van der Waals surface area contributed by atoms with Crippen molar-refractivity contribution in [1.82, 2.24) is 20.1 Å². The zero-order chi connectivity index (χ0) is 21.1. The Hall–Kier alpha value is -4.14. The molecule has 0 unspecified atom stereocenters. The van der Waals surface area contributed by atoms with Crippen LogP contribution in [0.4, 0.5) is 10.1 Å². The zero-order valence-electron chi connectivity index (χ0n) is 15.8. The Morgan fingerprint density at radius 2 is 1.90 bits per heavy atom. The largest absolute Gasteiger partial charge is 0.333 e. The highest BCUT2D eigenvalue weighted by atomic mass is 19.1. The predicted octanol–water partition coefficient (Wildman–Crippen LogP) is 3.44. The molecule has 2 aromatic heterocycles. The molecule has 4 aromatic rings. The maximum atomic E-state index is 13.4. The number of aromatic amines is 1. The van der Waals surface area contributed by atoms with E-state index in [1.807, 2.05) is 6.92 Å². The Balaban J connectivity index is 1.55. The van der Waals surface area contributed by atoms with E-state index in [-0.39, 0.29) is 17.3 Å². The standard InChI is InChI=1S/C21H16FN5O3/c1-2-15-11-17(28)25-18(23-15)12-5-4-8-16(10-12)24-20(29)19-26-21(30-27-19)13-6-3-7-14(22)9-13/h3-11H,2H2,1H3,(H,24,29)(H,23,25,28). The Morgan fingerprint density at radius 1 is 1.10 bits per heavy atom. The van der Waals surface area contributed by atoms with Crippen molar-refractivity contribution in [3.8, 4) is 22.8 Å². The summed E-state index contributed by atoms with van der Waals surface area (Å²) in [5.41, 5.74) is 1.88. The molecule has 0 aliphatic rings. The second-order valence-corrected chi connectivity index (χ2v) is 6.41. The monoisotopic (exact) mass is 405 g/mol. The molecule has 1 amide bonds. The molecule has 0 aliphatic carbocycles. The molecule has 4 rings (SSSR count). The van der Waals surface area contributed by atoms with Gasteiger partial charge in [-0.1, -0.05) is 30.3 Å². The van der Waals surface area contributed by atoms with Crippen LogP contribution in [0, 0.1) is 5.82 Å². The van der Waals surface area contributed by atoms with Gasteiger partial charge in [-0.3, -0.25) is 9.59 Å². The third-order valence-corrected chi connectivity index (χ3v) is 4.25. The van der Waals surface area contributed by atoms with Crippen LogP contribution in [0.3, 0.4) is 0 Å². The van der Waals surface area contributed by atoms with Crippen molar-refractivity contribution in [3.05, 3.63) is 82.3 Å². The minimum Gasteiger partial charge on any atom is -0.333 e. The van der Waals surface area contributed by atoms with Gasteiger partial charge in [0.05, 0.1) is 0 Å². The number of hydrogen-bond donors (Lipinski definition) is 2. The first kappa shape index (κ1) is 19.2. The molecule has 8 nitrogen and oxygen atoms in total. The molecular weight excluding hydrogens is 389 g/mol. The highest BCUT2D eigenvalue weighted by molar-refractivity contribution is 6.01. The Morgan fingerprint density at radius 3 is 2.70 bits per heavy atom. The minimum atomic E-state index is -0.595. The van der Waals surface area contributed by atoms with Gasteiger partial charge in [-0.15, -0.1) is 0 Å². The molecule has 0 saturated heterocycles. The molecule has 150 valence electrons. The fraction of sp³-hybridized carbons (Fsp3) is 0.0952. The summed E-state index contributed by atoms with van der Waals surface area (Å²) in [5.74, 6) is -0.802. The van der Waals surface area contributed by atoms with Crippen molar-refractivity contribution in [2.24, 2.45) is 0 Å². The third-order valence-electron chi connectivity index (χ3n) is 4.25. The average Bonchev–Trinajstić information content (AvgIpc) is 3.24. The van der Waals surface area contributed by atoms with Gasteiger partial charge in [0.1, 0.15) is 11.6 Å². The lowest BCUT2D eigenvalue weighted by atomic mass is 10.1. The molecule has 0 aliphatic heterocycles. The van der Waals surface area contributed by atoms with Gasteiger partial charge in [-0.05, 0) is 36.8 Å². The Kier molecular flexibility index (Phi) is 5.17. The van der Waals surface area contributed by atoms with Gasteiger partial charge in [-0.2, -0.15) is 4.98 Å². The highest BCUT2D eigenvalue weighted by Gasteiger charge is 2.16. The maximum Gasteiger partial charge on any atom is 0.297 e. The van der Waals surface area contributed by atoms with Crippen LogP contribution in [0.1, 0.15) is 23.2 Å². The fourth-order valence-corrected chi connectivity index (χ4v) is 2.81. The van der Waals surface area contributed by atoms with E-state index in [4.69, 9.17) is 4.52 Å². The Bertz CT molecular complexity index is 1280. The fourth-order valence-electron chi connectivity index (χ4n) is 2.81. The maximum absolute atomic E-state index is 13.4. The molecule has 0 radical (unpaired) electrons. The summed E-state index contributed by atoms with van der Waals surface area (Å²) in [6, 6.07) is 13.9. The second kappa shape index (κ2) is 8.08. The average molecular weight is 405 g/mol. The number of benzene rings is 2. The van der Waals surface area contributed by atoms with Gasteiger partial charge in [0.2, 0.25) is 0 Å². The van der Waals surface area contributed by atoms with Gasteiger partial charge in [0, 0.05) is 28.6 Å². The number of nitrogens with one attached hydrogen (secondary N) is 2. The van der Waals surface area contributed by atoms with Crippen molar-refractivity contribution in [2.75, 3.05) is 5.32 Å². The zero-order valence-corrected chi connectivity index (χ0v) is 15.8. The number of aryl methyl sites for hydroxylation is 1. The molecule has 2 N–H and O–H groups in total. The summed E-state index contributed by atoms with van der Waals surface area (Å²) >= 11 is 0. The van der Waals surface area contributed by atoms with Crippen LogP contribution in [-0.4, -0.2) is 26.0 Å². The van der Waals surface area contributed by atoms with Crippen molar-refractivity contribution in [2.45, 2.75) is 13.3 Å². The van der Waals surface area contributed by atoms with E-state index < -0.39 is 11.7 Å². The molecule has 2 heterocycles. The van der Waals surface area contributed by atoms with E-state index in [2.05, 4.69) is 25.4 Å². The van der Waals surface area contributed by atoms with E-state index >= 15 is 0 Å². The van der Waals surface area contributed by atoms with E-state index in [1.54, 1.807) is 30.3 Å². The van der Waals surface area contributed by atoms with Crippen LogP contribution in [-0.2, 0) is 6.42 Å². The lowest BCUT2D eigenvalue weighted by Crippen LogP contribution is -2.14. The number of aromatic nitrogens is 4. The topological polar surface area (TPSA) is 114 Å². The third kappa shape index (κ3) is 4.14. The van der Waals surface area contributed by atoms with Crippen LogP contribution in [0.5, 0.6) is 0 Å². The molecule has 0 bridgehead atoms. The van der Waals surface area contributed by atoms with Gasteiger partial charge < -0.3 is 14.8 Å². The van der Waals surface area contributed by atoms with E-state index in [9.17, 15) is 14.0 Å². The number of H-pyrrole nitrogens is 1. The summed E-state index contributed by atoms with van der Waals surface area (Å²) in [5, 5.41) is 6.32. The molecule has 0 atom stereocenters. The van der Waals surface area contributed by atoms with Gasteiger partial charge >= 0.3 is 0 Å². The minimum absolute atomic E-state index is 0.0338. The van der Waals surface area contributed by atoms with Crippen LogP contribution in [0.25, 0.3) is 22.8 Å². The number of halogens is 1. The molecule has 0 saturated carbocycles. The lowest BCUT2D eigenvalue weighted by Gasteiger charge is -2.06. The van der Waals surface area contributed by atoms with E-state index in [1.165, 1.54) is 24.3 Å². The molecule has 2 aromatic carbocycles. The van der Waals surface area contributed by atoms with Crippen LogP contribution in [0.2, 0.25) is 0 Å². The molecule has 9 heteroatoms. The van der Waals surface area contributed by atoms with Crippen LogP contribution in [0.15, 0.2) is 63.9 Å². The van der Waals surface area contributed by atoms with Gasteiger partial charge in [0.25, 0.3) is 23.2 Å². The first-order valence-electron chi connectivity index (χ1n) is 9.13. The number of nitrogens with zero attached hydrogens (tertiary/aromatic N) is 3. The summed E-state index contributed by atoms with van der Waals surface area (Å²) in [6.45, 7) is 1.91.